The number of hydrogen-bond donors (Lipinski definition) is 1. The minimum atomic E-state index is -0.954. The Bertz CT molecular complexity index is 1040. The minimum Gasteiger partial charge on any atom is -0.493 e. The van der Waals surface area contributed by atoms with Crippen molar-refractivity contribution in [2.45, 2.75) is 38.0 Å². The first-order valence-corrected chi connectivity index (χ1v) is 11.6. The molecule has 0 aliphatic carbocycles. The lowest BCUT2D eigenvalue weighted by Crippen LogP contribution is -2.47. The van der Waals surface area contributed by atoms with Crippen molar-refractivity contribution in [3.05, 3.63) is 72.3 Å². The number of para-hydroxylation sites is 1. The Morgan fingerprint density at radius 2 is 1.85 bits per heavy atom. The van der Waals surface area contributed by atoms with Crippen LogP contribution in [0.1, 0.15) is 24.8 Å². The zero-order valence-electron chi connectivity index (χ0n) is 19.5. The number of aromatic nitrogens is 2. The number of halogens is 1. The molecule has 1 saturated heterocycles. The molecule has 7 nitrogen and oxygen atoms in total. The van der Waals surface area contributed by atoms with E-state index in [0.29, 0.717) is 25.2 Å². The summed E-state index contributed by atoms with van der Waals surface area (Å²) in [5.41, 5.74) is 0.165. The molecule has 0 radical (unpaired) electrons. The molecule has 1 aliphatic heterocycles. The Balaban J connectivity index is 1.24. The van der Waals surface area contributed by atoms with Gasteiger partial charge in [0.2, 0.25) is 0 Å². The molecule has 2 heterocycles. The summed E-state index contributed by atoms with van der Waals surface area (Å²) in [6, 6.07) is 14.2. The van der Waals surface area contributed by atoms with Crippen LogP contribution in [-0.4, -0.2) is 58.8 Å². The third kappa shape index (κ3) is 6.48. The first kappa shape index (κ1) is 24.0. The second-order valence-electron chi connectivity index (χ2n) is 8.68. The van der Waals surface area contributed by atoms with E-state index in [1.807, 2.05) is 35.1 Å². The molecule has 8 heteroatoms. The monoisotopic (exact) mass is 469 g/mol. The standard InChI is InChI=1S/C26H32FN3O4/c1-32-25-18-21(8-9-24(25)33-17-5-14-30-13-4-12-28-30)19-29-15-10-26(31,11-16-29)20-34-23-7-3-2-6-22(23)27/h2-4,6-9,12-13,18,31H,5,10-11,14-17,19-20H2,1H3. The highest BCUT2D eigenvalue weighted by molar-refractivity contribution is 5.43. The molecule has 0 unspecified atom stereocenters. The molecule has 1 aromatic heterocycles. The van der Waals surface area contributed by atoms with E-state index in [-0.39, 0.29) is 12.4 Å². The number of likely N-dealkylation sites (tertiary alicyclic amines) is 1. The van der Waals surface area contributed by atoms with E-state index in [1.165, 1.54) is 6.07 Å². The third-order valence-corrected chi connectivity index (χ3v) is 6.10. The molecular formula is C26H32FN3O4. The van der Waals surface area contributed by atoms with Gasteiger partial charge in [-0.25, -0.2) is 4.39 Å². The number of aryl methyl sites for hydroxylation is 1. The predicted molar refractivity (Wildman–Crippen MR) is 127 cm³/mol. The quantitative estimate of drug-likeness (QED) is 0.430. The van der Waals surface area contributed by atoms with Crippen LogP contribution in [0.3, 0.4) is 0 Å². The smallest absolute Gasteiger partial charge is 0.165 e. The maximum atomic E-state index is 13.8. The Hall–Kier alpha value is -3.10. The number of piperidine rings is 1. The van der Waals surface area contributed by atoms with Gasteiger partial charge >= 0.3 is 0 Å². The zero-order valence-corrected chi connectivity index (χ0v) is 19.5. The summed E-state index contributed by atoms with van der Waals surface area (Å²) < 4.78 is 32.7. The number of ether oxygens (including phenoxy) is 3. The van der Waals surface area contributed by atoms with Crippen LogP contribution in [0.2, 0.25) is 0 Å². The van der Waals surface area contributed by atoms with Gasteiger partial charge in [0.25, 0.3) is 0 Å². The van der Waals surface area contributed by atoms with Crippen LogP contribution < -0.4 is 14.2 Å². The highest BCUT2D eigenvalue weighted by Gasteiger charge is 2.33. The molecule has 1 aliphatic rings. The van der Waals surface area contributed by atoms with Crippen molar-refractivity contribution in [2.24, 2.45) is 0 Å². The summed E-state index contributed by atoms with van der Waals surface area (Å²) in [5.74, 6) is 1.20. The van der Waals surface area contributed by atoms with Gasteiger partial charge in [-0.2, -0.15) is 5.10 Å². The van der Waals surface area contributed by atoms with Gasteiger partial charge in [0, 0.05) is 45.0 Å². The van der Waals surface area contributed by atoms with E-state index in [0.717, 1.165) is 43.9 Å². The van der Waals surface area contributed by atoms with Crippen LogP contribution in [0.5, 0.6) is 17.2 Å². The van der Waals surface area contributed by atoms with Crippen molar-refractivity contribution in [1.29, 1.82) is 0 Å². The molecule has 34 heavy (non-hydrogen) atoms. The average Bonchev–Trinajstić information content (AvgIpc) is 3.37. The van der Waals surface area contributed by atoms with E-state index in [9.17, 15) is 9.50 Å². The molecule has 4 rings (SSSR count). The summed E-state index contributed by atoms with van der Waals surface area (Å²) >= 11 is 0. The van der Waals surface area contributed by atoms with Crippen LogP contribution in [0.25, 0.3) is 0 Å². The highest BCUT2D eigenvalue weighted by atomic mass is 19.1. The molecule has 2 aromatic carbocycles. The molecular weight excluding hydrogens is 437 g/mol. The number of aliphatic hydroxyl groups is 1. The normalized spacial score (nSPS) is 15.7. The second kappa shape index (κ2) is 11.4. The van der Waals surface area contributed by atoms with E-state index >= 15 is 0 Å². The van der Waals surface area contributed by atoms with Crippen LogP contribution in [0.15, 0.2) is 60.9 Å². The van der Waals surface area contributed by atoms with Crippen LogP contribution in [-0.2, 0) is 13.1 Å². The molecule has 0 spiro atoms. The van der Waals surface area contributed by atoms with Gasteiger partial charge in [-0.1, -0.05) is 18.2 Å². The largest absolute Gasteiger partial charge is 0.493 e. The molecule has 0 saturated carbocycles. The van der Waals surface area contributed by atoms with Crippen molar-refractivity contribution in [2.75, 3.05) is 33.4 Å². The van der Waals surface area contributed by atoms with Gasteiger partial charge in [-0.05, 0) is 48.7 Å². The minimum absolute atomic E-state index is 0.0853. The molecule has 1 N–H and O–H groups in total. The van der Waals surface area contributed by atoms with Crippen molar-refractivity contribution in [1.82, 2.24) is 14.7 Å². The lowest BCUT2D eigenvalue weighted by molar-refractivity contribution is -0.0543. The molecule has 1 fully saturated rings. The number of methoxy groups -OCH3 is 1. The topological polar surface area (TPSA) is 69.0 Å². The van der Waals surface area contributed by atoms with Gasteiger partial charge in [0.15, 0.2) is 23.1 Å². The number of nitrogens with zero attached hydrogens (tertiary/aromatic N) is 3. The maximum Gasteiger partial charge on any atom is 0.165 e. The highest BCUT2D eigenvalue weighted by Crippen LogP contribution is 2.30. The van der Waals surface area contributed by atoms with Gasteiger partial charge in [0.1, 0.15) is 12.2 Å². The van der Waals surface area contributed by atoms with Crippen LogP contribution >= 0.6 is 0 Å². The van der Waals surface area contributed by atoms with Gasteiger partial charge in [-0.15, -0.1) is 0 Å². The van der Waals surface area contributed by atoms with Crippen molar-refractivity contribution < 1.29 is 23.7 Å². The Kier molecular flexibility index (Phi) is 8.03. The Morgan fingerprint density at radius 1 is 1.03 bits per heavy atom. The third-order valence-electron chi connectivity index (χ3n) is 6.10. The summed E-state index contributed by atoms with van der Waals surface area (Å²) in [7, 11) is 1.65. The van der Waals surface area contributed by atoms with E-state index in [4.69, 9.17) is 14.2 Å². The van der Waals surface area contributed by atoms with Gasteiger partial charge < -0.3 is 19.3 Å². The van der Waals surface area contributed by atoms with Crippen LogP contribution in [0.4, 0.5) is 4.39 Å². The van der Waals surface area contributed by atoms with Crippen LogP contribution in [0, 0.1) is 5.82 Å². The average molecular weight is 470 g/mol. The molecule has 0 atom stereocenters. The SMILES string of the molecule is COc1cc(CN2CCC(O)(COc3ccccc3F)CC2)ccc1OCCCn1cccn1. The fourth-order valence-electron chi connectivity index (χ4n) is 4.07. The second-order valence-corrected chi connectivity index (χ2v) is 8.68. The molecule has 182 valence electrons. The van der Waals surface area contributed by atoms with Crippen molar-refractivity contribution >= 4 is 0 Å². The fourth-order valence-corrected chi connectivity index (χ4v) is 4.07. The Labute approximate surface area is 199 Å². The lowest BCUT2D eigenvalue weighted by Gasteiger charge is -2.38. The summed E-state index contributed by atoms with van der Waals surface area (Å²) in [5, 5.41) is 15.1. The fraction of sp³-hybridized carbons (Fsp3) is 0.423. The lowest BCUT2D eigenvalue weighted by atomic mass is 9.92. The Morgan fingerprint density at radius 3 is 2.59 bits per heavy atom. The zero-order chi connectivity index (χ0) is 23.8. The predicted octanol–water partition coefficient (Wildman–Crippen LogP) is 3.91. The van der Waals surface area contributed by atoms with Crippen molar-refractivity contribution in [3.8, 4) is 17.2 Å². The van der Waals surface area contributed by atoms with Crippen molar-refractivity contribution in [3.63, 3.8) is 0 Å². The number of rotatable bonds is 11. The first-order valence-electron chi connectivity index (χ1n) is 11.6. The maximum absolute atomic E-state index is 13.8. The van der Waals surface area contributed by atoms with E-state index in [2.05, 4.69) is 10.00 Å². The first-order chi connectivity index (χ1) is 16.5. The summed E-state index contributed by atoms with van der Waals surface area (Å²) in [6.07, 6.45) is 5.69. The summed E-state index contributed by atoms with van der Waals surface area (Å²) in [6.45, 7) is 3.67. The number of benzene rings is 2. The van der Waals surface area contributed by atoms with E-state index < -0.39 is 11.4 Å². The molecule has 0 amide bonds. The molecule has 0 bridgehead atoms. The summed E-state index contributed by atoms with van der Waals surface area (Å²) in [4.78, 5) is 2.29. The molecule has 3 aromatic rings. The van der Waals surface area contributed by atoms with Gasteiger partial charge in [-0.3, -0.25) is 9.58 Å². The van der Waals surface area contributed by atoms with Gasteiger partial charge in [0.05, 0.1) is 13.7 Å². The van der Waals surface area contributed by atoms with E-state index in [1.54, 1.807) is 31.5 Å². The number of hydrogen-bond acceptors (Lipinski definition) is 6.